The molecule has 0 fully saturated rings. The summed E-state index contributed by atoms with van der Waals surface area (Å²) in [5.41, 5.74) is 0.817. The normalized spacial score (nSPS) is 9.94. The minimum Gasteiger partial charge on any atom is -0.481 e. The molecule has 0 saturated heterocycles. The number of hydrogen-bond acceptors (Lipinski definition) is 3. The van der Waals surface area contributed by atoms with Crippen LogP contribution in [0.2, 0.25) is 0 Å². The van der Waals surface area contributed by atoms with E-state index < -0.39 is 5.97 Å². The summed E-state index contributed by atoms with van der Waals surface area (Å²) in [6, 6.07) is 9.28. The Labute approximate surface area is 100 Å². The number of carboxylic acids is 1. The highest BCUT2D eigenvalue weighted by Crippen LogP contribution is 2.10. The van der Waals surface area contributed by atoms with Crippen molar-refractivity contribution >= 4 is 17.6 Å². The first-order valence-electron chi connectivity index (χ1n) is 5.35. The number of aliphatic carboxylic acids is 1. The highest BCUT2D eigenvalue weighted by atomic mass is 16.4. The summed E-state index contributed by atoms with van der Waals surface area (Å²) in [4.78, 5) is 23.5. The second kappa shape index (κ2) is 6.65. The van der Waals surface area contributed by atoms with E-state index in [1.165, 1.54) is 4.90 Å². The van der Waals surface area contributed by atoms with Gasteiger partial charge in [-0.3, -0.25) is 9.59 Å². The van der Waals surface area contributed by atoms with E-state index in [0.717, 1.165) is 5.69 Å². The first-order chi connectivity index (χ1) is 8.11. The molecule has 0 radical (unpaired) electrons. The molecule has 0 aliphatic carbocycles. The van der Waals surface area contributed by atoms with Crippen molar-refractivity contribution < 1.29 is 14.7 Å². The smallest absolute Gasteiger partial charge is 0.304 e. The maximum atomic E-state index is 11.7. The first kappa shape index (κ1) is 13.2. The lowest BCUT2D eigenvalue weighted by Gasteiger charge is -2.17. The van der Waals surface area contributed by atoms with E-state index in [-0.39, 0.29) is 18.9 Å². The molecule has 0 saturated carbocycles. The van der Waals surface area contributed by atoms with E-state index in [4.69, 9.17) is 5.11 Å². The van der Waals surface area contributed by atoms with Gasteiger partial charge in [-0.05, 0) is 12.1 Å². The average Bonchev–Trinajstić information content (AvgIpc) is 2.34. The SMILES string of the molecule is CN(C(=O)CNCCC(=O)O)c1ccccc1. The summed E-state index contributed by atoms with van der Waals surface area (Å²) in [5.74, 6) is -0.969. The van der Waals surface area contributed by atoms with Gasteiger partial charge < -0.3 is 15.3 Å². The number of anilines is 1. The monoisotopic (exact) mass is 236 g/mol. The van der Waals surface area contributed by atoms with Crippen LogP contribution in [0, 0.1) is 0 Å². The molecule has 5 heteroatoms. The number of rotatable bonds is 6. The molecule has 0 atom stereocenters. The van der Waals surface area contributed by atoms with Gasteiger partial charge in [-0.25, -0.2) is 0 Å². The van der Waals surface area contributed by atoms with Gasteiger partial charge in [0.2, 0.25) is 5.91 Å². The fraction of sp³-hybridized carbons (Fsp3) is 0.333. The van der Waals surface area contributed by atoms with Crippen molar-refractivity contribution in [3.63, 3.8) is 0 Å². The Hall–Kier alpha value is -1.88. The van der Waals surface area contributed by atoms with E-state index in [2.05, 4.69) is 5.32 Å². The van der Waals surface area contributed by atoms with Gasteiger partial charge >= 0.3 is 5.97 Å². The molecule has 5 nitrogen and oxygen atoms in total. The second-order valence-corrected chi connectivity index (χ2v) is 3.61. The lowest BCUT2D eigenvalue weighted by atomic mass is 10.3. The van der Waals surface area contributed by atoms with Gasteiger partial charge in [0.25, 0.3) is 0 Å². The van der Waals surface area contributed by atoms with Crippen molar-refractivity contribution in [1.29, 1.82) is 0 Å². The van der Waals surface area contributed by atoms with Gasteiger partial charge in [0, 0.05) is 19.3 Å². The molecule has 0 aromatic heterocycles. The minimum atomic E-state index is -0.874. The quantitative estimate of drug-likeness (QED) is 0.714. The van der Waals surface area contributed by atoms with Crippen LogP contribution < -0.4 is 10.2 Å². The van der Waals surface area contributed by atoms with E-state index in [1.807, 2.05) is 30.3 Å². The molecule has 0 aliphatic heterocycles. The summed E-state index contributed by atoms with van der Waals surface area (Å²) in [6.07, 6.45) is 0.0162. The largest absolute Gasteiger partial charge is 0.481 e. The number of para-hydroxylation sites is 1. The van der Waals surface area contributed by atoms with Crippen molar-refractivity contribution in [3.8, 4) is 0 Å². The van der Waals surface area contributed by atoms with Crippen LogP contribution in [-0.4, -0.2) is 37.1 Å². The fourth-order valence-electron chi connectivity index (χ4n) is 1.30. The molecule has 0 heterocycles. The number of carbonyl (C=O) groups is 2. The Bertz CT molecular complexity index is 379. The molecular formula is C12H16N2O3. The molecule has 2 N–H and O–H groups in total. The lowest BCUT2D eigenvalue weighted by Crippen LogP contribution is -2.36. The lowest BCUT2D eigenvalue weighted by molar-refractivity contribution is -0.137. The number of hydrogen-bond donors (Lipinski definition) is 2. The van der Waals surface area contributed by atoms with Crippen molar-refractivity contribution in [2.24, 2.45) is 0 Å². The minimum absolute atomic E-state index is 0.0162. The molecule has 0 bridgehead atoms. The Kier molecular flexibility index (Phi) is 5.16. The fourth-order valence-corrected chi connectivity index (χ4v) is 1.30. The third-order valence-electron chi connectivity index (χ3n) is 2.31. The van der Waals surface area contributed by atoms with E-state index >= 15 is 0 Å². The summed E-state index contributed by atoms with van der Waals surface area (Å²) >= 11 is 0. The molecule has 17 heavy (non-hydrogen) atoms. The molecule has 0 aliphatic rings. The third kappa shape index (κ3) is 4.65. The maximum Gasteiger partial charge on any atom is 0.304 e. The van der Waals surface area contributed by atoms with Crippen LogP contribution in [0.25, 0.3) is 0 Å². The highest BCUT2D eigenvalue weighted by molar-refractivity contribution is 5.94. The van der Waals surface area contributed by atoms with Gasteiger partial charge in [-0.2, -0.15) is 0 Å². The molecule has 1 aromatic carbocycles. The second-order valence-electron chi connectivity index (χ2n) is 3.61. The third-order valence-corrected chi connectivity index (χ3v) is 2.31. The number of nitrogens with one attached hydrogen (secondary N) is 1. The van der Waals surface area contributed by atoms with Gasteiger partial charge in [-0.15, -0.1) is 0 Å². The highest BCUT2D eigenvalue weighted by Gasteiger charge is 2.09. The summed E-state index contributed by atoms with van der Waals surface area (Å²) in [5, 5.41) is 11.2. The van der Waals surface area contributed by atoms with Crippen molar-refractivity contribution in [1.82, 2.24) is 5.32 Å². The van der Waals surface area contributed by atoms with Crippen LogP contribution >= 0.6 is 0 Å². The van der Waals surface area contributed by atoms with Crippen LogP contribution in [0.5, 0.6) is 0 Å². The average molecular weight is 236 g/mol. The van der Waals surface area contributed by atoms with E-state index in [0.29, 0.717) is 6.54 Å². The number of benzene rings is 1. The number of carboxylic acid groups (broad SMARTS) is 1. The Balaban J connectivity index is 2.35. The predicted molar refractivity (Wildman–Crippen MR) is 65.0 cm³/mol. The van der Waals surface area contributed by atoms with Crippen LogP contribution in [0.3, 0.4) is 0 Å². The Morgan fingerprint density at radius 2 is 1.94 bits per heavy atom. The summed E-state index contributed by atoms with van der Waals surface area (Å²) in [7, 11) is 1.69. The number of carbonyl (C=O) groups excluding carboxylic acids is 1. The summed E-state index contributed by atoms with van der Waals surface area (Å²) < 4.78 is 0. The van der Waals surface area contributed by atoms with E-state index in [9.17, 15) is 9.59 Å². The zero-order chi connectivity index (χ0) is 12.7. The van der Waals surface area contributed by atoms with E-state index in [1.54, 1.807) is 7.05 Å². The standard InChI is InChI=1S/C12H16N2O3/c1-14(10-5-3-2-4-6-10)11(15)9-13-8-7-12(16)17/h2-6,13H,7-9H2,1H3,(H,16,17). The maximum absolute atomic E-state index is 11.7. The number of likely N-dealkylation sites (N-methyl/N-ethyl adjacent to an activating group) is 1. The Morgan fingerprint density at radius 3 is 2.53 bits per heavy atom. The molecule has 0 spiro atoms. The molecule has 1 rings (SSSR count). The number of amides is 1. The molecule has 1 amide bonds. The molecular weight excluding hydrogens is 220 g/mol. The van der Waals surface area contributed by atoms with Gasteiger partial charge in [-0.1, -0.05) is 18.2 Å². The van der Waals surface area contributed by atoms with Crippen molar-refractivity contribution in [2.45, 2.75) is 6.42 Å². The van der Waals surface area contributed by atoms with Crippen LogP contribution in [0.1, 0.15) is 6.42 Å². The van der Waals surface area contributed by atoms with Gasteiger partial charge in [0.1, 0.15) is 0 Å². The van der Waals surface area contributed by atoms with Gasteiger partial charge in [0.05, 0.1) is 13.0 Å². The van der Waals surface area contributed by atoms with Crippen molar-refractivity contribution in [3.05, 3.63) is 30.3 Å². The summed E-state index contributed by atoms with van der Waals surface area (Å²) in [6.45, 7) is 0.433. The predicted octanol–water partition coefficient (Wildman–Crippen LogP) is 0.714. The zero-order valence-electron chi connectivity index (χ0n) is 9.72. The number of nitrogens with zero attached hydrogens (tertiary/aromatic N) is 1. The zero-order valence-corrected chi connectivity index (χ0v) is 9.72. The molecule has 1 aromatic rings. The van der Waals surface area contributed by atoms with Crippen LogP contribution in [0.15, 0.2) is 30.3 Å². The molecule has 0 unspecified atom stereocenters. The molecule has 92 valence electrons. The van der Waals surface area contributed by atoms with Gasteiger partial charge in [0.15, 0.2) is 0 Å². The Morgan fingerprint density at radius 1 is 1.29 bits per heavy atom. The topological polar surface area (TPSA) is 69.6 Å². The first-order valence-corrected chi connectivity index (χ1v) is 5.35. The van der Waals surface area contributed by atoms with Crippen molar-refractivity contribution in [2.75, 3.05) is 25.0 Å². The van der Waals surface area contributed by atoms with Crippen LogP contribution in [-0.2, 0) is 9.59 Å². The van der Waals surface area contributed by atoms with Crippen LogP contribution in [0.4, 0.5) is 5.69 Å².